The number of aromatic nitrogens is 1. The number of hydrogen-bond acceptors (Lipinski definition) is 6. The first-order valence-corrected chi connectivity index (χ1v) is 12.9. The lowest BCUT2D eigenvalue weighted by molar-refractivity contribution is 0.103. The van der Waals surface area contributed by atoms with Gasteiger partial charge in [-0.15, -0.1) is 0 Å². The smallest absolute Gasteiger partial charge is 0.262 e. The van der Waals surface area contributed by atoms with Gasteiger partial charge < -0.3 is 0 Å². The Hall–Kier alpha value is -2.17. The molecule has 0 amide bonds. The molecule has 0 saturated heterocycles. The summed E-state index contributed by atoms with van der Waals surface area (Å²) >= 11 is 17.7. The van der Waals surface area contributed by atoms with E-state index in [0.717, 1.165) is 18.5 Å². The number of hydrogen-bond donors (Lipinski definition) is 1. The minimum absolute atomic E-state index is 0.0205. The molecule has 3 rings (SSSR count). The highest BCUT2D eigenvalue weighted by atomic mass is 35.5. The molecule has 1 aromatic heterocycles. The minimum atomic E-state index is -4.21. The minimum Gasteiger partial charge on any atom is -0.287 e. The zero-order chi connectivity index (χ0) is 23.0. The van der Waals surface area contributed by atoms with Gasteiger partial charge in [0, 0.05) is 18.0 Å². The predicted octanol–water partition coefficient (Wildman–Crippen LogP) is 4.48. The van der Waals surface area contributed by atoms with Gasteiger partial charge in [-0.3, -0.25) is 9.52 Å². The number of carbonyl (C=O) groups excluding carboxylic acids is 1. The third kappa shape index (κ3) is 5.19. The van der Waals surface area contributed by atoms with Crippen LogP contribution in [-0.2, 0) is 19.9 Å². The molecule has 0 saturated carbocycles. The van der Waals surface area contributed by atoms with E-state index in [1.807, 2.05) is 0 Å². The molecule has 0 atom stereocenters. The van der Waals surface area contributed by atoms with E-state index in [2.05, 4.69) is 9.71 Å². The van der Waals surface area contributed by atoms with Gasteiger partial charge >= 0.3 is 0 Å². The van der Waals surface area contributed by atoms with Crippen molar-refractivity contribution >= 4 is 66.1 Å². The average molecular weight is 520 g/mol. The van der Waals surface area contributed by atoms with E-state index in [1.54, 1.807) is 0 Å². The van der Waals surface area contributed by atoms with Crippen LogP contribution < -0.4 is 4.72 Å². The van der Waals surface area contributed by atoms with Gasteiger partial charge in [-0.2, -0.15) is 0 Å². The van der Waals surface area contributed by atoms with Crippen LogP contribution in [0.3, 0.4) is 0 Å². The van der Waals surface area contributed by atoms with Crippen molar-refractivity contribution in [2.24, 2.45) is 0 Å². The summed E-state index contributed by atoms with van der Waals surface area (Å²) in [7, 11) is -7.94. The molecule has 0 aliphatic rings. The average Bonchev–Trinajstić information content (AvgIpc) is 2.68. The number of benzene rings is 2. The number of pyridine rings is 1. The first-order valence-electron chi connectivity index (χ1n) is 8.37. The molecule has 31 heavy (non-hydrogen) atoms. The standard InChI is InChI=1S/C19H13Cl3N2O5S2/c1-30(26,27)17-5-3-2-4-13(17)19(25)18-16(8-11(20)10-23-18)24-31(28,29)12-6-7-14(21)15(22)9-12/h2-10,24H,1H3. The van der Waals surface area contributed by atoms with Gasteiger partial charge in [0.15, 0.2) is 9.84 Å². The third-order valence-electron chi connectivity index (χ3n) is 4.05. The molecule has 0 aliphatic carbocycles. The Morgan fingerprint density at radius 2 is 1.61 bits per heavy atom. The van der Waals surface area contributed by atoms with Gasteiger partial charge in [-0.1, -0.05) is 46.9 Å². The number of nitrogens with zero attached hydrogens (tertiary/aromatic N) is 1. The maximum Gasteiger partial charge on any atom is 0.262 e. The fourth-order valence-corrected chi connectivity index (χ4v) is 5.14. The predicted molar refractivity (Wildman–Crippen MR) is 120 cm³/mol. The zero-order valence-corrected chi connectivity index (χ0v) is 19.5. The molecular formula is C19H13Cl3N2O5S2. The van der Waals surface area contributed by atoms with E-state index >= 15 is 0 Å². The lowest BCUT2D eigenvalue weighted by atomic mass is 10.1. The first kappa shape index (κ1) is 23.5. The van der Waals surface area contributed by atoms with Gasteiger partial charge in [-0.25, -0.2) is 21.8 Å². The lowest BCUT2D eigenvalue weighted by Crippen LogP contribution is -2.18. The largest absolute Gasteiger partial charge is 0.287 e. The summed E-state index contributed by atoms with van der Waals surface area (Å²) in [5.41, 5.74) is -0.717. The van der Waals surface area contributed by atoms with Crippen molar-refractivity contribution in [1.82, 2.24) is 4.98 Å². The fourth-order valence-electron chi connectivity index (χ4n) is 2.65. The molecule has 12 heteroatoms. The molecule has 0 radical (unpaired) electrons. The lowest BCUT2D eigenvalue weighted by Gasteiger charge is -2.13. The van der Waals surface area contributed by atoms with E-state index in [1.165, 1.54) is 42.5 Å². The van der Waals surface area contributed by atoms with Gasteiger partial charge in [-0.05, 0) is 36.4 Å². The van der Waals surface area contributed by atoms with E-state index in [0.29, 0.717) is 0 Å². The zero-order valence-electron chi connectivity index (χ0n) is 15.6. The van der Waals surface area contributed by atoms with Gasteiger partial charge in [0.05, 0.1) is 30.5 Å². The second kappa shape index (κ2) is 8.76. The maximum absolute atomic E-state index is 13.1. The van der Waals surface area contributed by atoms with Crippen molar-refractivity contribution in [1.29, 1.82) is 0 Å². The number of anilines is 1. The summed E-state index contributed by atoms with van der Waals surface area (Å²) in [6, 6.07) is 10.4. The fraction of sp³-hybridized carbons (Fsp3) is 0.0526. The first-order chi connectivity index (χ1) is 14.4. The van der Waals surface area contributed by atoms with Crippen molar-refractivity contribution in [3.8, 4) is 0 Å². The third-order valence-corrected chi connectivity index (χ3v) is 7.51. The van der Waals surface area contributed by atoms with Crippen LogP contribution in [0.25, 0.3) is 0 Å². The Balaban J connectivity index is 2.10. The Kier molecular flexibility index (Phi) is 6.64. The maximum atomic E-state index is 13.1. The van der Waals surface area contributed by atoms with Crippen LogP contribution >= 0.6 is 34.8 Å². The number of sulfonamides is 1. The monoisotopic (exact) mass is 518 g/mol. The Morgan fingerprint density at radius 1 is 0.935 bits per heavy atom. The SMILES string of the molecule is CS(=O)(=O)c1ccccc1C(=O)c1ncc(Cl)cc1NS(=O)(=O)c1ccc(Cl)c(Cl)c1. The number of nitrogens with one attached hydrogen (secondary N) is 1. The molecule has 1 heterocycles. The molecule has 0 unspecified atom stereocenters. The summed E-state index contributed by atoms with van der Waals surface area (Å²) in [6.45, 7) is 0. The summed E-state index contributed by atoms with van der Waals surface area (Å²) in [6.07, 6.45) is 2.11. The molecule has 7 nitrogen and oxygen atoms in total. The van der Waals surface area contributed by atoms with Crippen LogP contribution in [0.4, 0.5) is 5.69 Å². The molecule has 0 spiro atoms. The highest BCUT2D eigenvalue weighted by Gasteiger charge is 2.25. The van der Waals surface area contributed by atoms with Gasteiger partial charge in [0.2, 0.25) is 5.78 Å². The molecule has 2 aromatic carbocycles. The Labute approximate surface area is 194 Å². The normalized spacial score (nSPS) is 11.9. The van der Waals surface area contributed by atoms with Crippen LogP contribution in [0, 0.1) is 0 Å². The molecule has 1 N–H and O–H groups in total. The number of halogens is 3. The summed E-state index contributed by atoms with van der Waals surface area (Å²) in [5.74, 6) is -0.801. The second-order valence-corrected chi connectivity index (χ2v) is 11.2. The van der Waals surface area contributed by atoms with Crippen LogP contribution in [0.15, 0.2) is 64.5 Å². The highest BCUT2D eigenvalue weighted by molar-refractivity contribution is 7.92. The summed E-state index contributed by atoms with van der Waals surface area (Å²) in [4.78, 5) is 16.6. The quantitative estimate of drug-likeness (QED) is 0.481. The molecule has 3 aromatic rings. The highest BCUT2D eigenvalue weighted by Crippen LogP contribution is 2.29. The topological polar surface area (TPSA) is 110 Å². The molecule has 162 valence electrons. The number of carbonyl (C=O) groups is 1. The Bertz CT molecular complexity index is 1410. The summed E-state index contributed by atoms with van der Waals surface area (Å²) < 4.78 is 52.0. The van der Waals surface area contributed by atoms with Crippen molar-refractivity contribution in [2.45, 2.75) is 9.79 Å². The van der Waals surface area contributed by atoms with Crippen LogP contribution in [0.2, 0.25) is 15.1 Å². The van der Waals surface area contributed by atoms with E-state index < -0.39 is 25.6 Å². The van der Waals surface area contributed by atoms with Crippen LogP contribution in [0.5, 0.6) is 0 Å². The van der Waals surface area contributed by atoms with E-state index in [9.17, 15) is 21.6 Å². The number of ketones is 1. The van der Waals surface area contributed by atoms with Crippen LogP contribution in [-0.4, -0.2) is 33.9 Å². The van der Waals surface area contributed by atoms with Crippen molar-refractivity contribution < 1.29 is 21.6 Å². The number of sulfone groups is 1. The Morgan fingerprint density at radius 3 is 2.26 bits per heavy atom. The van der Waals surface area contributed by atoms with E-state index in [4.69, 9.17) is 34.8 Å². The van der Waals surface area contributed by atoms with E-state index in [-0.39, 0.29) is 41.8 Å². The summed E-state index contributed by atoms with van der Waals surface area (Å²) in [5, 5.41) is 0.241. The van der Waals surface area contributed by atoms with Crippen molar-refractivity contribution in [3.05, 3.63) is 81.1 Å². The molecule has 0 aliphatic heterocycles. The van der Waals surface area contributed by atoms with Crippen molar-refractivity contribution in [2.75, 3.05) is 11.0 Å². The molecular weight excluding hydrogens is 507 g/mol. The number of rotatable bonds is 6. The van der Waals surface area contributed by atoms with Crippen LogP contribution in [0.1, 0.15) is 16.1 Å². The molecule has 0 bridgehead atoms. The van der Waals surface area contributed by atoms with Crippen molar-refractivity contribution in [3.63, 3.8) is 0 Å². The van der Waals surface area contributed by atoms with Gasteiger partial charge in [0.1, 0.15) is 5.69 Å². The molecule has 0 fully saturated rings. The van der Waals surface area contributed by atoms with Gasteiger partial charge in [0.25, 0.3) is 10.0 Å². The second-order valence-electron chi connectivity index (χ2n) is 6.33.